The third-order valence-corrected chi connectivity index (χ3v) is 4.88. The molecule has 0 saturated carbocycles. The molecule has 0 aromatic heterocycles. The van der Waals surface area contributed by atoms with Gasteiger partial charge in [-0.1, -0.05) is 23.2 Å². The van der Waals surface area contributed by atoms with Gasteiger partial charge in [-0.25, -0.2) is 0 Å². The smallest absolute Gasteiger partial charge is 0.261 e. The molecule has 0 bridgehead atoms. The monoisotopic (exact) mass is 410 g/mol. The fraction of sp³-hybridized carbons (Fsp3) is 0.263. The molecule has 1 aliphatic heterocycles. The molecule has 0 fully saturated rings. The Morgan fingerprint density at radius 2 is 1.63 bits per heavy atom. The van der Waals surface area contributed by atoms with Crippen LogP contribution in [0.3, 0.4) is 0 Å². The van der Waals surface area contributed by atoms with Gasteiger partial charge in [0.25, 0.3) is 5.91 Å². The van der Waals surface area contributed by atoms with Gasteiger partial charge in [0.1, 0.15) is 0 Å². The van der Waals surface area contributed by atoms with Gasteiger partial charge in [-0.15, -0.1) is 0 Å². The Bertz CT molecular complexity index is 869. The van der Waals surface area contributed by atoms with Crippen molar-refractivity contribution in [3.63, 3.8) is 0 Å². The van der Waals surface area contributed by atoms with E-state index in [2.05, 4.69) is 5.32 Å². The van der Waals surface area contributed by atoms with Gasteiger partial charge < -0.3 is 20.4 Å². The second-order valence-electron chi connectivity index (χ2n) is 6.13. The Morgan fingerprint density at radius 3 is 2.19 bits per heavy atom. The van der Waals surface area contributed by atoms with Crippen LogP contribution >= 0.6 is 23.2 Å². The molecule has 6 nitrogen and oxygen atoms in total. The van der Waals surface area contributed by atoms with Crippen molar-refractivity contribution in [3.8, 4) is 0 Å². The van der Waals surface area contributed by atoms with E-state index in [0.717, 1.165) is 12.8 Å². The zero-order valence-corrected chi connectivity index (χ0v) is 16.6. The van der Waals surface area contributed by atoms with Gasteiger partial charge >= 0.3 is 0 Å². The number of ketones is 1. The van der Waals surface area contributed by atoms with Crippen molar-refractivity contribution in [1.82, 2.24) is 0 Å². The van der Waals surface area contributed by atoms with Gasteiger partial charge in [0.2, 0.25) is 0 Å². The van der Waals surface area contributed by atoms with Crippen LogP contribution in [0.4, 0.5) is 11.4 Å². The quantitative estimate of drug-likeness (QED) is 0.673. The molecule has 2 aromatic rings. The van der Waals surface area contributed by atoms with E-state index in [0.29, 0.717) is 5.56 Å². The van der Waals surface area contributed by atoms with Gasteiger partial charge in [0.15, 0.2) is 11.4 Å². The number of fused-ring (bicyclic) bond motifs is 1. The van der Waals surface area contributed by atoms with Crippen LogP contribution in [-0.2, 0) is 10.4 Å². The van der Waals surface area contributed by atoms with Crippen LogP contribution in [0.25, 0.3) is 0 Å². The number of amides is 1. The molecule has 2 aromatic carbocycles. The average Bonchev–Trinajstić information content (AvgIpc) is 2.92. The second kappa shape index (κ2) is 8.27. The normalized spacial score (nSPS) is 17.5. The van der Waals surface area contributed by atoms with Crippen LogP contribution < -0.4 is 10.2 Å². The number of nitrogens with one attached hydrogen (secondary N) is 1. The van der Waals surface area contributed by atoms with Crippen LogP contribution in [-0.4, -0.2) is 43.1 Å². The topological polar surface area (TPSA) is 89.9 Å². The van der Waals surface area contributed by atoms with Gasteiger partial charge in [-0.05, 0) is 36.4 Å². The van der Waals surface area contributed by atoms with Gasteiger partial charge in [-0.3, -0.25) is 9.59 Å². The number of benzene rings is 2. The first kappa shape index (κ1) is 21.2. The minimum atomic E-state index is -2.05. The lowest BCUT2D eigenvalue weighted by atomic mass is 9.88. The van der Waals surface area contributed by atoms with Crippen molar-refractivity contribution in [2.75, 3.05) is 31.4 Å². The molecule has 0 aliphatic carbocycles. The molecule has 1 heterocycles. The van der Waals surface area contributed by atoms with Gasteiger partial charge in [0.05, 0.1) is 17.1 Å². The highest BCUT2D eigenvalue weighted by atomic mass is 35.5. The highest BCUT2D eigenvalue weighted by Crippen LogP contribution is 2.46. The van der Waals surface area contributed by atoms with Crippen molar-refractivity contribution in [1.29, 1.82) is 0 Å². The van der Waals surface area contributed by atoms with Crippen LogP contribution in [0.15, 0.2) is 36.4 Å². The fourth-order valence-corrected chi connectivity index (χ4v) is 3.38. The second-order valence-corrected chi connectivity index (χ2v) is 6.95. The van der Waals surface area contributed by atoms with E-state index >= 15 is 0 Å². The van der Waals surface area contributed by atoms with E-state index < -0.39 is 17.9 Å². The molecule has 3 rings (SSSR count). The summed E-state index contributed by atoms with van der Waals surface area (Å²) in [6.07, 6.45) is -0.423. The maximum atomic E-state index is 12.6. The number of aliphatic hydroxyl groups is 2. The number of halogens is 2. The number of rotatable bonds is 4. The Kier molecular flexibility index (Phi) is 6.49. The number of anilines is 2. The predicted octanol–water partition coefficient (Wildman–Crippen LogP) is 3.08. The van der Waals surface area contributed by atoms with Gasteiger partial charge in [0, 0.05) is 43.0 Å². The van der Waals surface area contributed by atoms with E-state index in [-0.39, 0.29) is 27.1 Å². The first-order valence-electron chi connectivity index (χ1n) is 8.01. The lowest BCUT2D eigenvalue weighted by molar-refractivity contribution is -0.133. The van der Waals surface area contributed by atoms with Crippen molar-refractivity contribution in [3.05, 3.63) is 57.6 Å². The highest BCUT2D eigenvalue weighted by molar-refractivity contribution is 6.38. The number of carbonyl (C=O) groups is 2. The molecular weight excluding hydrogens is 391 g/mol. The van der Waals surface area contributed by atoms with Gasteiger partial charge in [-0.2, -0.15) is 0 Å². The molecule has 1 amide bonds. The molecule has 0 saturated heterocycles. The first-order valence-corrected chi connectivity index (χ1v) is 8.77. The molecule has 144 valence electrons. The van der Waals surface area contributed by atoms with Crippen LogP contribution in [0.2, 0.25) is 10.0 Å². The molecule has 1 atom stereocenters. The molecule has 1 unspecified atom stereocenters. The molecule has 8 heteroatoms. The third-order valence-electron chi connectivity index (χ3n) is 4.25. The largest absolute Gasteiger partial charge is 0.400 e. The summed E-state index contributed by atoms with van der Waals surface area (Å²) in [7, 11) is 4.79. The van der Waals surface area contributed by atoms with Crippen molar-refractivity contribution in [2.24, 2.45) is 0 Å². The maximum Gasteiger partial charge on any atom is 0.261 e. The summed E-state index contributed by atoms with van der Waals surface area (Å²) in [6, 6.07) is 9.93. The Balaban J connectivity index is 0.00000126. The summed E-state index contributed by atoms with van der Waals surface area (Å²) in [4.78, 5) is 26.8. The average molecular weight is 411 g/mol. The number of nitrogens with zero attached hydrogens (tertiary/aromatic N) is 1. The Hall–Kier alpha value is -2.12. The number of carbonyl (C=O) groups excluding carboxylic acids is 2. The SMILES string of the molecule is CN(C)c1ccc(C(=O)CC2(O)C(=O)Nc3c(Cl)ccc(Cl)c32)cc1.CO. The van der Waals surface area contributed by atoms with E-state index in [4.69, 9.17) is 28.3 Å². The Morgan fingerprint density at radius 1 is 1.07 bits per heavy atom. The summed E-state index contributed by atoms with van der Waals surface area (Å²) in [5, 5.41) is 20.9. The predicted molar refractivity (Wildman–Crippen MR) is 107 cm³/mol. The Labute approximate surface area is 167 Å². The van der Waals surface area contributed by atoms with E-state index in [9.17, 15) is 14.7 Å². The summed E-state index contributed by atoms with van der Waals surface area (Å²) in [5.41, 5.74) is -0.316. The molecule has 27 heavy (non-hydrogen) atoms. The van der Waals surface area contributed by atoms with Crippen molar-refractivity contribution in [2.45, 2.75) is 12.0 Å². The number of Topliss-reactive ketones (excluding diaryl/α,β-unsaturated/α-hetero) is 1. The zero-order chi connectivity index (χ0) is 20.4. The zero-order valence-electron chi connectivity index (χ0n) is 15.1. The summed E-state index contributed by atoms with van der Waals surface area (Å²) in [5.74, 6) is -1.08. The molecule has 3 N–H and O–H groups in total. The van der Waals surface area contributed by atoms with Crippen molar-refractivity contribution < 1.29 is 19.8 Å². The standard InChI is InChI=1S/C18H16Cl2N2O3.CH4O/c1-22(2)11-5-3-10(4-6-11)14(23)9-18(25)15-12(19)7-8-13(20)16(15)21-17(18)24;1-2/h3-8,25H,9H2,1-2H3,(H,21,24);2H,1H3. The van der Waals surface area contributed by atoms with Crippen LogP contribution in [0.1, 0.15) is 22.3 Å². The van der Waals surface area contributed by atoms with Crippen molar-refractivity contribution >= 4 is 46.3 Å². The summed E-state index contributed by atoms with van der Waals surface area (Å²) < 4.78 is 0. The van der Waals surface area contributed by atoms with E-state index in [1.807, 2.05) is 19.0 Å². The molecule has 0 spiro atoms. The fourth-order valence-electron chi connectivity index (χ4n) is 2.86. The molecular formula is C19H20Cl2N2O4. The number of hydrogen-bond donors (Lipinski definition) is 3. The highest BCUT2D eigenvalue weighted by Gasteiger charge is 2.49. The first-order chi connectivity index (χ1) is 12.7. The summed E-state index contributed by atoms with van der Waals surface area (Å²) >= 11 is 12.2. The lowest BCUT2D eigenvalue weighted by Crippen LogP contribution is -2.36. The third kappa shape index (κ3) is 3.94. The van der Waals surface area contributed by atoms with Crippen LogP contribution in [0.5, 0.6) is 0 Å². The maximum absolute atomic E-state index is 12.6. The molecule has 1 aliphatic rings. The minimum absolute atomic E-state index is 0.143. The molecule has 0 radical (unpaired) electrons. The minimum Gasteiger partial charge on any atom is -0.400 e. The van der Waals surface area contributed by atoms with E-state index in [1.54, 1.807) is 24.3 Å². The number of hydrogen-bond acceptors (Lipinski definition) is 5. The lowest BCUT2D eigenvalue weighted by Gasteiger charge is -2.21. The summed E-state index contributed by atoms with van der Waals surface area (Å²) in [6.45, 7) is 0. The van der Waals surface area contributed by atoms with E-state index in [1.165, 1.54) is 12.1 Å². The van der Waals surface area contributed by atoms with Crippen LogP contribution in [0, 0.1) is 0 Å². The number of aliphatic hydroxyl groups excluding tert-OH is 1.